The number of hydrogen-bond acceptors (Lipinski definition) is 1. The normalized spacial score (nSPS) is 11.2. The van der Waals surface area contributed by atoms with E-state index in [0.717, 1.165) is 20.3 Å². The van der Waals surface area contributed by atoms with Crippen molar-refractivity contribution in [3.8, 4) is 11.1 Å². The third-order valence-electron chi connectivity index (χ3n) is 7.32. The Hall–Kier alpha value is -3.70. The van der Waals surface area contributed by atoms with E-state index in [2.05, 4.69) is 177 Å². The average molecular weight is 662 g/mol. The maximum atomic E-state index is 3.76. The van der Waals surface area contributed by atoms with Crippen LogP contribution in [0.15, 0.2) is 167 Å². The number of benzene rings is 6. The smallest absolute Gasteiger partial charge is 0.179 e. The summed E-state index contributed by atoms with van der Waals surface area (Å²) in [6, 6.07) is 56.8. The molecule has 0 saturated carbocycles. The summed E-state index contributed by atoms with van der Waals surface area (Å²) in [5.41, 5.74) is 4.56. The minimum absolute atomic E-state index is 1.08. The van der Waals surface area contributed by atoms with E-state index >= 15 is 0 Å². The fourth-order valence-electron chi connectivity index (χ4n) is 5.48. The lowest BCUT2D eigenvalue weighted by atomic mass is 10.1. The van der Waals surface area contributed by atoms with Gasteiger partial charge in [0.05, 0.1) is 0 Å². The lowest BCUT2D eigenvalue weighted by Gasteiger charge is -2.34. The molecule has 0 heterocycles. The van der Waals surface area contributed by atoms with Crippen molar-refractivity contribution in [1.82, 2.24) is 0 Å². The van der Waals surface area contributed by atoms with E-state index in [-0.39, 0.29) is 0 Å². The van der Waals surface area contributed by atoms with E-state index in [1.54, 1.807) is 0 Å². The number of anilines is 2. The van der Waals surface area contributed by atoms with Gasteiger partial charge >= 0.3 is 0 Å². The van der Waals surface area contributed by atoms with Crippen LogP contribution in [0, 0.1) is 0 Å². The predicted molar refractivity (Wildman–Crippen MR) is 181 cm³/mol. The molecule has 0 aromatic heterocycles. The quantitative estimate of drug-likeness (QED) is 0.135. The largest absolute Gasteiger partial charge is 0.356 e. The first kappa shape index (κ1) is 26.5. The average Bonchev–Trinajstić information content (AvgIpc) is 3.00. The van der Waals surface area contributed by atoms with Gasteiger partial charge in [-0.1, -0.05) is 141 Å². The van der Waals surface area contributed by atoms with Gasteiger partial charge in [-0.3, -0.25) is 0 Å². The summed E-state index contributed by atoms with van der Waals surface area (Å²) in [4.78, 5) is 0. The lowest BCUT2D eigenvalue weighted by Crippen LogP contribution is -2.74. The van der Waals surface area contributed by atoms with Gasteiger partial charge in [0.15, 0.2) is 8.07 Å². The van der Waals surface area contributed by atoms with Crippen molar-refractivity contribution in [3.05, 3.63) is 167 Å². The predicted octanol–water partition coefficient (Wildman–Crippen LogP) is 8.00. The lowest BCUT2D eigenvalue weighted by molar-refractivity contribution is 1.54. The molecule has 0 aliphatic carbocycles. The standard InChI is InChI=1S/C36H27Br2NSi/c37-29-9-7-15-35(25-29)40(33-13-5-2-6-14-33,36-16-8-10-30(38)26-36)34-23-19-28(20-24-34)27-17-21-32(22-18-27)39-31-11-3-1-4-12-31/h1-26,39H. The summed E-state index contributed by atoms with van der Waals surface area (Å²) in [6.45, 7) is 0. The molecule has 0 aliphatic heterocycles. The van der Waals surface area contributed by atoms with Crippen LogP contribution in [0.1, 0.15) is 0 Å². The van der Waals surface area contributed by atoms with Gasteiger partial charge in [-0.15, -0.1) is 0 Å². The Balaban J connectivity index is 1.45. The highest BCUT2D eigenvalue weighted by Gasteiger charge is 2.41. The minimum Gasteiger partial charge on any atom is -0.356 e. The van der Waals surface area contributed by atoms with Gasteiger partial charge < -0.3 is 5.32 Å². The molecule has 0 atom stereocenters. The van der Waals surface area contributed by atoms with Crippen LogP contribution in [-0.2, 0) is 0 Å². The van der Waals surface area contributed by atoms with Crippen LogP contribution >= 0.6 is 31.9 Å². The summed E-state index contributed by atoms with van der Waals surface area (Å²) >= 11 is 7.53. The van der Waals surface area contributed by atoms with Gasteiger partial charge in [0.2, 0.25) is 0 Å². The molecule has 0 saturated heterocycles. The Bertz CT molecular complexity index is 1670. The van der Waals surface area contributed by atoms with E-state index in [4.69, 9.17) is 0 Å². The van der Waals surface area contributed by atoms with Gasteiger partial charge in [0.1, 0.15) is 0 Å². The summed E-state index contributed by atoms with van der Waals surface area (Å²) < 4.78 is 2.18. The molecule has 0 unspecified atom stereocenters. The maximum Gasteiger partial charge on any atom is 0.179 e. The Labute approximate surface area is 253 Å². The molecule has 4 heteroatoms. The Morgan fingerprint density at radius 2 is 0.800 bits per heavy atom. The first-order chi connectivity index (χ1) is 19.6. The molecule has 0 radical (unpaired) electrons. The first-order valence-corrected chi connectivity index (χ1v) is 16.8. The molecular weight excluding hydrogens is 634 g/mol. The van der Waals surface area contributed by atoms with Crippen molar-refractivity contribution >= 4 is 72.1 Å². The van der Waals surface area contributed by atoms with Gasteiger partial charge in [-0.2, -0.15) is 0 Å². The number of nitrogens with one attached hydrogen (secondary N) is 1. The highest BCUT2D eigenvalue weighted by Crippen LogP contribution is 2.24. The molecular formula is C36H27Br2NSi. The van der Waals surface area contributed by atoms with Crippen LogP contribution in [0.3, 0.4) is 0 Å². The van der Waals surface area contributed by atoms with Gasteiger partial charge in [0.25, 0.3) is 0 Å². The highest BCUT2D eigenvalue weighted by atomic mass is 79.9. The summed E-state index contributed by atoms with van der Waals surface area (Å²) in [5.74, 6) is 0. The first-order valence-electron chi connectivity index (χ1n) is 13.2. The van der Waals surface area contributed by atoms with E-state index in [1.807, 2.05) is 18.2 Å². The zero-order valence-corrected chi connectivity index (χ0v) is 25.9. The van der Waals surface area contributed by atoms with Crippen molar-refractivity contribution in [3.63, 3.8) is 0 Å². The monoisotopic (exact) mass is 659 g/mol. The van der Waals surface area contributed by atoms with Crippen molar-refractivity contribution in [2.75, 3.05) is 5.32 Å². The minimum atomic E-state index is -2.61. The number of para-hydroxylation sites is 1. The summed E-state index contributed by atoms with van der Waals surface area (Å²) in [7, 11) is -2.61. The SMILES string of the molecule is Brc1cccc([Si](c2ccccc2)(c2ccc(-c3ccc(Nc4ccccc4)cc3)cc2)c2cccc(Br)c2)c1. The molecule has 0 amide bonds. The molecule has 1 nitrogen and oxygen atoms in total. The number of rotatable bonds is 7. The van der Waals surface area contributed by atoms with E-state index < -0.39 is 8.07 Å². The Morgan fingerprint density at radius 3 is 1.32 bits per heavy atom. The molecule has 40 heavy (non-hydrogen) atoms. The summed E-state index contributed by atoms with van der Waals surface area (Å²) in [6.07, 6.45) is 0. The Morgan fingerprint density at radius 1 is 0.375 bits per heavy atom. The van der Waals surface area contributed by atoms with Crippen molar-refractivity contribution < 1.29 is 0 Å². The second kappa shape index (κ2) is 11.8. The van der Waals surface area contributed by atoms with Crippen LogP contribution in [0.25, 0.3) is 11.1 Å². The molecule has 6 aromatic carbocycles. The maximum absolute atomic E-state index is 3.76. The molecule has 6 aromatic rings. The van der Waals surface area contributed by atoms with Crippen LogP contribution < -0.4 is 26.1 Å². The second-order valence-corrected chi connectivity index (χ2v) is 15.4. The van der Waals surface area contributed by atoms with Crippen LogP contribution in [0.2, 0.25) is 0 Å². The highest BCUT2D eigenvalue weighted by molar-refractivity contribution is 9.10. The van der Waals surface area contributed by atoms with Crippen LogP contribution in [0.4, 0.5) is 11.4 Å². The molecule has 0 fully saturated rings. The zero-order chi connectivity index (χ0) is 27.4. The van der Waals surface area contributed by atoms with Crippen LogP contribution in [-0.4, -0.2) is 8.07 Å². The Kier molecular flexibility index (Phi) is 7.83. The van der Waals surface area contributed by atoms with Gasteiger partial charge in [0, 0.05) is 20.3 Å². The molecule has 0 spiro atoms. The zero-order valence-electron chi connectivity index (χ0n) is 21.8. The molecule has 0 aliphatic rings. The second-order valence-electron chi connectivity index (χ2n) is 9.78. The molecule has 1 N–H and O–H groups in total. The number of halogens is 2. The topological polar surface area (TPSA) is 12.0 Å². The van der Waals surface area contributed by atoms with Crippen molar-refractivity contribution in [2.45, 2.75) is 0 Å². The fraction of sp³-hybridized carbons (Fsp3) is 0. The number of hydrogen-bond donors (Lipinski definition) is 1. The van der Waals surface area contributed by atoms with Gasteiger partial charge in [-0.25, -0.2) is 0 Å². The van der Waals surface area contributed by atoms with E-state index in [1.165, 1.54) is 31.9 Å². The van der Waals surface area contributed by atoms with E-state index in [0.29, 0.717) is 0 Å². The third kappa shape index (κ3) is 5.35. The van der Waals surface area contributed by atoms with Gasteiger partial charge in [-0.05, 0) is 80.4 Å². The third-order valence-corrected chi connectivity index (χ3v) is 13.1. The molecule has 0 bridgehead atoms. The summed E-state index contributed by atoms with van der Waals surface area (Å²) in [5, 5.41) is 8.86. The van der Waals surface area contributed by atoms with Crippen LogP contribution in [0.5, 0.6) is 0 Å². The van der Waals surface area contributed by atoms with Crippen molar-refractivity contribution in [1.29, 1.82) is 0 Å². The van der Waals surface area contributed by atoms with E-state index in [9.17, 15) is 0 Å². The fourth-order valence-corrected chi connectivity index (χ4v) is 11.5. The van der Waals surface area contributed by atoms with Crippen molar-refractivity contribution in [2.24, 2.45) is 0 Å². The molecule has 6 rings (SSSR count). The molecule has 194 valence electrons.